The Balaban J connectivity index is 1.66. The molecule has 2 amide bonds. The molecule has 0 fully saturated rings. The quantitative estimate of drug-likeness (QED) is 0.212. The third-order valence-electron chi connectivity index (χ3n) is 5.68. The predicted molar refractivity (Wildman–Crippen MR) is 164 cm³/mol. The number of carbonyl (C=O) groups is 4. The Morgan fingerprint density at radius 3 is 2.14 bits per heavy atom. The van der Waals surface area contributed by atoms with Crippen LogP contribution in [-0.2, 0) is 30.4 Å². The van der Waals surface area contributed by atoms with Gasteiger partial charge in [0.25, 0.3) is 5.91 Å². The standard InChI is InChI=1S/C32H39N3O7S/c1-31(2,3)41-28(37)23(35-30(39)40-19-20-11-8-7-9-12-20)18-34-27(36)25-16-15-24(43-25)21-13-10-14-22(17-21)26(33)29(38)42-32(4,5)6/h7-17,23,26H,18-19,33H2,1-6H3,(H,34,36)(H,35,39). The van der Waals surface area contributed by atoms with Crippen LogP contribution in [0, 0.1) is 0 Å². The van der Waals surface area contributed by atoms with Crippen molar-refractivity contribution < 1.29 is 33.4 Å². The van der Waals surface area contributed by atoms with E-state index in [-0.39, 0.29) is 13.2 Å². The number of hydrogen-bond acceptors (Lipinski definition) is 9. The first-order valence-electron chi connectivity index (χ1n) is 13.8. The highest BCUT2D eigenvalue weighted by Crippen LogP contribution is 2.30. The number of carbonyl (C=O) groups excluding carboxylic acids is 4. The summed E-state index contributed by atoms with van der Waals surface area (Å²) in [5, 5.41) is 5.19. The zero-order valence-electron chi connectivity index (χ0n) is 25.3. The zero-order chi connectivity index (χ0) is 31.8. The van der Waals surface area contributed by atoms with Gasteiger partial charge in [-0.2, -0.15) is 0 Å². The van der Waals surface area contributed by atoms with E-state index in [0.717, 1.165) is 16.0 Å². The minimum atomic E-state index is -1.18. The van der Waals surface area contributed by atoms with Crippen LogP contribution in [-0.4, -0.2) is 47.7 Å². The van der Waals surface area contributed by atoms with Crippen LogP contribution in [0.1, 0.15) is 68.4 Å². The summed E-state index contributed by atoms with van der Waals surface area (Å²) in [6.45, 7) is 10.2. The second kappa shape index (κ2) is 14.3. The molecular formula is C32H39N3O7S. The Labute approximate surface area is 255 Å². The Bertz CT molecular complexity index is 1420. The Hall–Kier alpha value is -4.22. The predicted octanol–water partition coefficient (Wildman–Crippen LogP) is 5.12. The lowest BCUT2D eigenvalue weighted by Crippen LogP contribution is -2.50. The number of rotatable bonds is 10. The van der Waals surface area contributed by atoms with Crippen LogP contribution in [0.2, 0.25) is 0 Å². The second-order valence-electron chi connectivity index (χ2n) is 11.8. The minimum Gasteiger partial charge on any atom is -0.459 e. The maximum atomic E-state index is 13.0. The molecule has 1 aromatic heterocycles. The van der Waals surface area contributed by atoms with E-state index < -0.39 is 47.2 Å². The summed E-state index contributed by atoms with van der Waals surface area (Å²) in [5.74, 6) is -1.69. The van der Waals surface area contributed by atoms with Crippen LogP contribution in [0.3, 0.4) is 0 Å². The lowest BCUT2D eigenvalue weighted by molar-refractivity contribution is -0.158. The van der Waals surface area contributed by atoms with Gasteiger partial charge in [-0.1, -0.05) is 48.5 Å². The molecule has 3 rings (SSSR count). The number of nitrogens with two attached hydrogens (primary N) is 1. The van der Waals surface area contributed by atoms with Gasteiger partial charge in [-0.15, -0.1) is 11.3 Å². The monoisotopic (exact) mass is 609 g/mol. The average molecular weight is 610 g/mol. The fraction of sp³-hybridized carbons (Fsp3) is 0.375. The molecular weight excluding hydrogens is 570 g/mol. The number of alkyl carbamates (subject to hydrolysis) is 1. The molecule has 0 radical (unpaired) electrons. The van der Waals surface area contributed by atoms with Crippen LogP contribution in [0.25, 0.3) is 10.4 Å². The summed E-state index contributed by atoms with van der Waals surface area (Å²) in [6, 6.07) is 17.5. The van der Waals surface area contributed by atoms with Crippen LogP contribution in [0.4, 0.5) is 4.79 Å². The van der Waals surface area contributed by atoms with Crippen molar-refractivity contribution in [3.05, 3.63) is 82.7 Å². The highest BCUT2D eigenvalue weighted by molar-refractivity contribution is 7.17. The van der Waals surface area contributed by atoms with Crippen molar-refractivity contribution in [1.29, 1.82) is 0 Å². The van der Waals surface area contributed by atoms with Gasteiger partial charge in [-0.05, 0) is 76.4 Å². The van der Waals surface area contributed by atoms with E-state index in [0.29, 0.717) is 10.4 Å². The number of hydrogen-bond donors (Lipinski definition) is 3. The normalized spacial score (nSPS) is 12.9. The van der Waals surface area contributed by atoms with Gasteiger partial charge in [0.1, 0.15) is 29.9 Å². The molecule has 0 aliphatic heterocycles. The summed E-state index contributed by atoms with van der Waals surface area (Å²) in [7, 11) is 0. The van der Waals surface area contributed by atoms with Crippen LogP contribution in [0.15, 0.2) is 66.7 Å². The topological polar surface area (TPSA) is 146 Å². The summed E-state index contributed by atoms with van der Waals surface area (Å²) >= 11 is 1.23. The van der Waals surface area contributed by atoms with Crippen LogP contribution >= 0.6 is 11.3 Å². The van der Waals surface area contributed by atoms with Gasteiger partial charge < -0.3 is 30.6 Å². The molecule has 0 aliphatic rings. The first-order valence-corrected chi connectivity index (χ1v) is 14.6. The van der Waals surface area contributed by atoms with E-state index in [9.17, 15) is 19.2 Å². The van der Waals surface area contributed by atoms with E-state index in [2.05, 4.69) is 10.6 Å². The van der Waals surface area contributed by atoms with Crippen LogP contribution in [0.5, 0.6) is 0 Å². The summed E-state index contributed by atoms with van der Waals surface area (Å²) in [6.07, 6.45) is -0.822. The molecule has 10 nitrogen and oxygen atoms in total. The number of nitrogens with one attached hydrogen (secondary N) is 2. The SMILES string of the molecule is CC(C)(C)OC(=O)C(CNC(=O)c1ccc(-c2cccc(C(N)C(=O)OC(C)(C)C)c2)s1)NC(=O)OCc1ccccc1. The minimum absolute atomic E-state index is 0.0158. The maximum absolute atomic E-state index is 13.0. The zero-order valence-corrected chi connectivity index (χ0v) is 26.1. The largest absolute Gasteiger partial charge is 0.459 e. The molecule has 2 aromatic carbocycles. The molecule has 2 unspecified atom stereocenters. The van der Waals surface area contributed by atoms with Gasteiger partial charge in [-0.3, -0.25) is 4.79 Å². The number of thiophene rings is 1. The smallest absolute Gasteiger partial charge is 0.408 e. The van der Waals surface area contributed by atoms with E-state index in [4.69, 9.17) is 19.9 Å². The number of amides is 2. The van der Waals surface area contributed by atoms with Gasteiger partial charge >= 0.3 is 18.0 Å². The second-order valence-corrected chi connectivity index (χ2v) is 12.9. The first kappa shape index (κ1) is 33.3. The molecule has 0 bridgehead atoms. The molecule has 0 spiro atoms. The van der Waals surface area contributed by atoms with E-state index in [1.54, 1.807) is 84.0 Å². The third-order valence-corrected chi connectivity index (χ3v) is 6.82. The van der Waals surface area contributed by atoms with Gasteiger partial charge in [0.05, 0.1) is 4.88 Å². The molecule has 230 valence electrons. The van der Waals surface area contributed by atoms with Gasteiger partial charge in [-0.25, -0.2) is 14.4 Å². The fourth-order valence-electron chi connectivity index (χ4n) is 3.76. The molecule has 3 aromatic rings. The van der Waals surface area contributed by atoms with E-state index >= 15 is 0 Å². The lowest BCUT2D eigenvalue weighted by Gasteiger charge is -2.24. The maximum Gasteiger partial charge on any atom is 0.408 e. The Morgan fingerprint density at radius 1 is 0.837 bits per heavy atom. The van der Waals surface area contributed by atoms with Crippen molar-refractivity contribution in [3.63, 3.8) is 0 Å². The van der Waals surface area contributed by atoms with E-state index in [1.165, 1.54) is 11.3 Å². The van der Waals surface area contributed by atoms with Gasteiger partial charge in [0, 0.05) is 11.4 Å². The lowest BCUT2D eigenvalue weighted by atomic mass is 10.0. The molecule has 11 heteroatoms. The highest BCUT2D eigenvalue weighted by Gasteiger charge is 2.28. The summed E-state index contributed by atoms with van der Waals surface area (Å²) in [5.41, 5.74) is 6.81. The van der Waals surface area contributed by atoms with Crippen molar-refractivity contribution in [2.24, 2.45) is 5.73 Å². The van der Waals surface area contributed by atoms with Crippen molar-refractivity contribution in [2.45, 2.75) is 71.4 Å². The molecule has 1 heterocycles. The van der Waals surface area contributed by atoms with Crippen LogP contribution < -0.4 is 16.4 Å². The van der Waals surface area contributed by atoms with Crippen molar-refractivity contribution in [1.82, 2.24) is 10.6 Å². The van der Waals surface area contributed by atoms with Crippen molar-refractivity contribution in [3.8, 4) is 10.4 Å². The molecule has 0 aliphatic carbocycles. The number of esters is 2. The van der Waals surface area contributed by atoms with Gasteiger partial charge in [0.15, 0.2) is 0 Å². The average Bonchev–Trinajstić information content (AvgIpc) is 3.43. The van der Waals surface area contributed by atoms with Crippen molar-refractivity contribution in [2.75, 3.05) is 6.54 Å². The van der Waals surface area contributed by atoms with Crippen molar-refractivity contribution >= 4 is 35.3 Å². The summed E-state index contributed by atoms with van der Waals surface area (Å²) in [4.78, 5) is 51.9. The molecule has 2 atom stereocenters. The molecule has 43 heavy (non-hydrogen) atoms. The fourth-order valence-corrected chi connectivity index (χ4v) is 4.68. The Morgan fingerprint density at radius 2 is 1.49 bits per heavy atom. The number of ether oxygens (including phenoxy) is 3. The van der Waals surface area contributed by atoms with E-state index in [1.807, 2.05) is 24.3 Å². The van der Waals surface area contributed by atoms with Gasteiger partial charge in [0.2, 0.25) is 0 Å². The highest BCUT2D eigenvalue weighted by atomic mass is 32.1. The Kier molecular flexibility index (Phi) is 11.1. The summed E-state index contributed by atoms with van der Waals surface area (Å²) < 4.78 is 16.1. The molecule has 0 saturated heterocycles. The molecule has 0 saturated carbocycles. The molecule has 4 N–H and O–H groups in total. The number of benzene rings is 2. The third kappa shape index (κ3) is 10.8. The first-order chi connectivity index (χ1) is 20.1.